The Bertz CT molecular complexity index is 482. The van der Waals surface area contributed by atoms with E-state index in [-0.39, 0.29) is 0 Å². The van der Waals surface area contributed by atoms with Crippen LogP contribution in [-0.2, 0) is 5.88 Å². The van der Waals surface area contributed by atoms with Gasteiger partial charge in [0.1, 0.15) is 6.07 Å². The molecule has 2 rings (SSSR count). The van der Waals surface area contributed by atoms with E-state index in [4.69, 9.17) is 16.9 Å². The highest BCUT2D eigenvalue weighted by atomic mass is 35.5. The van der Waals surface area contributed by atoms with E-state index in [0.29, 0.717) is 17.2 Å². The Kier molecular flexibility index (Phi) is 1.87. The third-order valence-corrected chi connectivity index (χ3v) is 1.98. The molecule has 0 bridgehead atoms. The summed E-state index contributed by atoms with van der Waals surface area (Å²) in [5, 5.41) is 8.64. The molecule has 0 aliphatic heterocycles. The number of fused-ring (bicyclic) bond motifs is 1. The van der Waals surface area contributed by atoms with Crippen molar-refractivity contribution < 1.29 is 0 Å². The Balaban J connectivity index is 2.73. The molecule has 0 N–H and O–H groups in total. The monoisotopic (exact) mass is 192 g/mol. The van der Waals surface area contributed by atoms with Crippen LogP contribution in [0.3, 0.4) is 0 Å². The van der Waals surface area contributed by atoms with Crippen molar-refractivity contribution in [3.63, 3.8) is 0 Å². The van der Waals surface area contributed by atoms with Crippen molar-refractivity contribution in [2.24, 2.45) is 0 Å². The van der Waals surface area contributed by atoms with Crippen molar-refractivity contribution >= 4 is 17.4 Å². The lowest BCUT2D eigenvalue weighted by Crippen LogP contribution is -1.93. The van der Waals surface area contributed by atoms with Crippen LogP contribution >= 0.6 is 11.6 Å². The first-order valence-corrected chi connectivity index (χ1v) is 4.16. The van der Waals surface area contributed by atoms with Crippen molar-refractivity contribution in [2.75, 3.05) is 0 Å². The summed E-state index contributed by atoms with van der Waals surface area (Å²) < 4.78 is 1.71. The van der Waals surface area contributed by atoms with Crippen molar-refractivity contribution in [3.8, 4) is 6.07 Å². The topological polar surface area (TPSA) is 54.0 Å². The summed E-state index contributed by atoms with van der Waals surface area (Å²) in [4.78, 5) is 8.01. The first kappa shape index (κ1) is 8.02. The normalized spacial score (nSPS) is 10.2. The summed E-state index contributed by atoms with van der Waals surface area (Å²) in [6.07, 6.45) is 4.81. The molecular formula is C8H5ClN4. The number of nitrogens with zero attached hydrogens (tertiary/aromatic N) is 4. The second kappa shape index (κ2) is 3.04. The average Bonchev–Trinajstić information content (AvgIpc) is 2.59. The van der Waals surface area contributed by atoms with Crippen LogP contribution in [0.5, 0.6) is 0 Å². The molecule has 0 aromatic carbocycles. The molecular weight excluding hydrogens is 188 g/mol. The number of imidazole rings is 1. The van der Waals surface area contributed by atoms with Crippen LogP contribution in [0, 0.1) is 11.3 Å². The predicted molar refractivity (Wildman–Crippen MR) is 47.3 cm³/mol. The second-order valence-corrected chi connectivity index (χ2v) is 2.77. The Labute approximate surface area is 79.4 Å². The number of alkyl halides is 1. The van der Waals surface area contributed by atoms with Crippen LogP contribution in [-0.4, -0.2) is 14.4 Å². The van der Waals surface area contributed by atoms with Gasteiger partial charge in [-0.25, -0.2) is 9.97 Å². The Morgan fingerprint density at radius 2 is 2.23 bits per heavy atom. The maximum atomic E-state index is 8.64. The van der Waals surface area contributed by atoms with Gasteiger partial charge in [0.25, 0.3) is 0 Å². The molecule has 2 aromatic heterocycles. The van der Waals surface area contributed by atoms with E-state index in [1.54, 1.807) is 16.8 Å². The molecule has 4 nitrogen and oxygen atoms in total. The van der Waals surface area contributed by atoms with Crippen LogP contribution in [0.1, 0.15) is 11.3 Å². The van der Waals surface area contributed by atoms with Gasteiger partial charge in [-0.05, 0) is 0 Å². The number of aromatic nitrogens is 3. The molecule has 0 radical (unpaired) electrons. The van der Waals surface area contributed by atoms with Gasteiger partial charge in [-0.3, -0.25) is 4.40 Å². The van der Waals surface area contributed by atoms with Crippen LogP contribution in [0.15, 0.2) is 18.6 Å². The van der Waals surface area contributed by atoms with Crippen molar-refractivity contribution in [1.82, 2.24) is 14.4 Å². The molecule has 0 amide bonds. The zero-order valence-corrected chi connectivity index (χ0v) is 7.36. The smallest absolute Gasteiger partial charge is 0.233 e. The zero-order chi connectivity index (χ0) is 9.26. The van der Waals surface area contributed by atoms with E-state index in [1.165, 1.54) is 6.20 Å². The third kappa shape index (κ3) is 1.23. The Hall–Kier alpha value is -1.60. The molecule has 0 fully saturated rings. The van der Waals surface area contributed by atoms with Crippen molar-refractivity contribution in [2.45, 2.75) is 5.88 Å². The molecule has 64 valence electrons. The van der Waals surface area contributed by atoms with E-state index in [2.05, 4.69) is 9.97 Å². The quantitative estimate of drug-likeness (QED) is 0.641. The van der Waals surface area contributed by atoms with E-state index in [9.17, 15) is 0 Å². The lowest BCUT2D eigenvalue weighted by molar-refractivity contribution is 1.04. The first-order valence-electron chi connectivity index (χ1n) is 3.63. The average molecular weight is 193 g/mol. The largest absolute Gasteiger partial charge is 0.286 e. The maximum Gasteiger partial charge on any atom is 0.233 e. The number of hydrogen-bond donors (Lipinski definition) is 0. The maximum absolute atomic E-state index is 8.64. The Morgan fingerprint density at radius 3 is 2.92 bits per heavy atom. The van der Waals surface area contributed by atoms with Crippen molar-refractivity contribution in [1.29, 1.82) is 5.26 Å². The summed E-state index contributed by atoms with van der Waals surface area (Å²) in [6, 6.07) is 2.01. The number of halogens is 1. The van der Waals surface area contributed by atoms with E-state index >= 15 is 0 Å². The Morgan fingerprint density at radius 1 is 1.46 bits per heavy atom. The third-order valence-electron chi connectivity index (χ3n) is 1.71. The lowest BCUT2D eigenvalue weighted by atomic mass is 10.4. The van der Waals surface area contributed by atoms with E-state index in [1.807, 2.05) is 6.07 Å². The van der Waals surface area contributed by atoms with Gasteiger partial charge < -0.3 is 0 Å². The standard InChI is InChI=1S/C8H5ClN4/c9-1-7-4-12-8-11-3-6(2-10)5-13(7)8/h3-5H,1H2. The summed E-state index contributed by atoms with van der Waals surface area (Å²) in [7, 11) is 0. The van der Waals surface area contributed by atoms with Crippen LogP contribution < -0.4 is 0 Å². The van der Waals surface area contributed by atoms with Gasteiger partial charge in [0.2, 0.25) is 5.78 Å². The first-order chi connectivity index (χ1) is 6.35. The number of nitriles is 1. The van der Waals surface area contributed by atoms with Gasteiger partial charge in [0.15, 0.2) is 0 Å². The van der Waals surface area contributed by atoms with Gasteiger partial charge in [-0.2, -0.15) is 5.26 Å². The molecule has 0 aliphatic carbocycles. The fraction of sp³-hybridized carbons (Fsp3) is 0.125. The minimum Gasteiger partial charge on any atom is -0.286 e. The van der Waals surface area contributed by atoms with Gasteiger partial charge in [0, 0.05) is 6.20 Å². The molecule has 0 saturated carbocycles. The number of rotatable bonds is 1. The molecule has 0 aliphatic rings. The van der Waals surface area contributed by atoms with E-state index in [0.717, 1.165) is 5.69 Å². The lowest BCUT2D eigenvalue weighted by Gasteiger charge is -1.95. The highest BCUT2D eigenvalue weighted by Crippen LogP contribution is 2.07. The van der Waals surface area contributed by atoms with Crippen LogP contribution in [0.4, 0.5) is 0 Å². The summed E-state index contributed by atoms with van der Waals surface area (Å²) in [6.45, 7) is 0. The molecule has 0 saturated heterocycles. The molecule has 0 unspecified atom stereocenters. The van der Waals surface area contributed by atoms with Crippen molar-refractivity contribution in [3.05, 3.63) is 29.8 Å². The molecule has 2 heterocycles. The summed E-state index contributed by atoms with van der Waals surface area (Å²) >= 11 is 5.67. The highest BCUT2D eigenvalue weighted by Gasteiger charge is 2.03. The predicted octanol–water partition coefficient (Wildman–Crippen LogP) is 1.34. The fourth-order valence-corrected chi connectivity index (χ4v) is 1.28. The molecule has 2 aromatic rings. The summed E-state index contributed by atoms with van der Waals surface area (Å²) in [5.74, 6) is 0.923. The van der Waals surface area contributed by atoms with Crippen LogP contribution in [0.2, 0.25) is 0 Å². The fourth-order valence-electron chi connectivity index (χ4n) is 1.08. The highest BCUT2D eigenvalue weighted by molar-refractivity contribution is 6.16. The zero-order valence-electron chi connectivity index (χ0n) is 6.61. The number of hydrogen-bond acceptors (Lipinski definition) is 3. The van der Waals surface area contributed by atoms with Crippen LogP contribution in [0.25, 0.3) is 5.78 Å². The van der Waals surface area contributed by atoms with Gasteiger partial charge >= 0.3 is 0 Å². The molecule has 0 spiro atoms. The molecule has 5 heteroatoms. The van der Waals surface area contributed by atoms with Gasteiger partial charge in [-0.1, -0.05) is 0 Å². The van der Waals surface area contributed by atoms with Gasteiger partial charge in [-0.15, -0.1) is 11.6 Å². The van der Waals surface area contributed by atoms with Gasteiger partial charge in [0.05, 0.1) is 29.5 Å². The summed E-state index contributed by atoms with van der Waals surface area (Å²) in [5.41, 5.74) is 1.33. The molecule has 0 atom stereocenters. The minimum absolute atomic E-state index is 0.359. The SMILES string of the molecule is N#Cc1cnc2ncc(CCl)n2c1. The molecule has 13 heavy (non-hydrogen) atoms. The minimum atomic E-state index is 0.359. The van der Waals surface area contributed by atoms with E-state index < -0.39 is 0 Å². The second-order valence-electron chi connectivity index (χ2n) is 2.51.